The number of para-hydroxylation sites is 2. The van der Waals surface area contributed by atoms with Crippen LogP contribution >= 0.6 is 0 Å². The van der Waals surface area contributed by atoms with Crippen LogP contribution in [0, 0.1) is 11.8 Å². The number of rotatable bonds is 6. The Kier molecular flexibility index (Phi) is 4.57. The highest BCUT2D eigenvalue weighted by molar-refractivity contribution is 5.85. The monoisotopic (exact) mass is 390 g/mol. The Bertz CT molecular complexity index is 1100. The number of aromatic nitrogens is 2. The van der Waals surface area contributed by atoms with Crippen LogP contribution in [0.3, 0.4) is 0 Å². The van der Waals surface area contributed by atoms with Crippen LogP contribution in [-0.4, -0.2) is 32.1 Å². The number of carbonyl (C=O) groups is 2. The molecule has 2 N–H and O–H groups in total. The van der Waals surface area contributed by atoms with Gasteiger partial charge in [-0.25, -0.2) is 9.97 Å². The first-order valence-electron chi connectivity index (χ1n) is 9.66. The zero-order valence-corrected chi connectivity index (χ0v) is 16.3. The molecule has 0 saturated carbocycles. The van der Waals surface area contributed by atoms with E-state index in [-0.39, 0.29) is 12.8 Å². The van der Waals surface area contributed by atoms with Gasteiger partial charge in [0.25, 0.3) is 0 Å². The molecule has 2 atom stereocenters. The maximum absolute atomic E-state index is 11.7. The second kappa shape index (κ2) is 6.95. The van der Waals surface area contributed by atoms with Crippen molar-refractivity contribution < 1.29 is 19.8 Å². The summed E-state index contributed by atoms with van der Waals surface area (Å²) in [5.41, 5.74) is 3.86. The molecule has 6 nitrogen and oxygen atoms in total. The van der Waals surface area contributed by atoms with E-state index in [1.54, 1.807) is 13.8 Å². The zero-order chi connectivity index (χ0) is 20.8. The molecule has 29 heavy (non-hydrogen) atoms. The van der Waals surface area contributed by atoms with Crippen molar-refractivity contribution in [1.29, 1.82) is 0 Å². The van der Waals surface area contributed by atoms with Gasteiger partial charge in [0.05, 0.1) is 34.3 Å². The minimum atomic E-state index is -0.910. The lowest BCUT2D eigenvalue weighted by Crippen LogP contribution is -2.34. The third-order valence-electron chi connectivity index (χ3n) is 5.87. The van der Waals surface area contributed by atoms with E-state index in [0.29, 0.717) is 5.69 Å². The predicted molar refractivity (Wildman–Crippen MR) is 109 cm³/mol. The molecule has 0 aliphatic heterocycles. The fraction of sp³-hybridized carbons (Fsp3) is 0.304. The molecule has 0 fully saturated rings. The molecule has 1 aliphatic rings. The van der Waals surface area contributed by atoms with E-state index in [2.05, 4.69) is 0 Å². The Morgan fingerprint density at radius 3 is 1.97 bits per heavy atom. The quantitative estimate of drug-likeness (QED) is 0.657. The summed E-state index contributed by atoms with van der Waals surface area (Å²) in [7, 11) is 0. The predicted octanol–water partition coefficient (Wildman–Crippen LogP) is 4.12. The summed E-state index contributed by atoms with van der Waals surface area (Å²) < 4.78 is 0. The minimum absolute atomic E-state index is 0.261. The average molecular weight is 390 g/mol. The molecule has 148 valence electrons. The van der Waals surface area contributed by atoms with Gasteiger partial charge in [-0.15, -0.1) is 0 Å². The van der Waals surface area contributed by atoms with Gasteiger partial charge in [-0.05, 0) is 30.5 Å². The third kappa shape index (κ3) is 3.05. The van der Waals surface area contributed by atoms with Crippen LogP contribution in [0.1, 0.15) is 37.9 Å². The number of nitrogens with zero attached hydrogens (tertiary/aromatic N) is 2. The Balaban J connectivity index is 2.02. The molecule has 1 heterocycles. The fourth-order valence-corrected chi connectivity index (χ4v) is 4.47. The number of fused-ring (bicyclic) bond motifs is 4. The van der Waals surface area contributed by atoms with Gasteiger partial charge in [0.1, 0.15) is 0 Å². The van der Waals surface area contributed by atoms with Gasteiger partial charge >= 0.3 is 11.9 Å². The maximum atomic E-state index is 11.7. The lowest BCUT2D eigenvalue weighted by atomic mass is 9.69. The van der Waals surface area contributed by atoms with Crippen molar-refractivity contribution in [3.63, 3.8) is 0 Å². The molecule has 0 saturated heterocycles. The van der Waals surface area contributed by atoms with Crippen LogP contribution in [0.2, 0.25) is 0 Å². The first-order valence-corrected chi connectivity index (χ1v) is 9.66. The number of hydrogen-bond acceptors (Lipinski definition) is 4. The number of carboxylic acids is 2. The first-order chi connectivity index (χ1) is 13.8. The highest BCUT2D eigenvalue weighted by Gasteiger charge is 2.48. The molecule has 0 bridgehead atoms. The zero-order valence-electron chi connectivity index (χ0n) is 16.3. The summed E-state index contributed by atoms with van der Waals surface area (Å²) in [6.07, 6.45) is 0.522. The molecule has 2 unspecified atom stereocenters. The lowest BCUT2D eigenvalue weighted by Gasteiger charge is -2.34. The SMILES string of the molecule is CC(CC1(CC(C)C(=O)O)c2ccccc2-c2nc3ccccc3nc21)C(=O)O. The second-order valence-electron chi connectivity index (χ2n) is 7.92. The van der Waals surface area contributed by atoms with Crippen LogP contribution in [-0.2, 0) is 15.0 Å². The smallest absolute Gasteiger partial charge is 0.306 e. The van der Waals surface area contributed by atoms with Crippen LogP contribution in [0.4, 0.5) is 0 Å². The van der Waals surface area contributed by atoms with Crippen molar-refractivity contribution in [2.75, 3.05) is 0 Å². The summed E-state index contributed by atoms with van der Waals surface area (Å²) in [6.45, 7) is 3.31. The van der Waals surface area contributed by atoms with Crippen molar-refractivity contribution in [2.45, 2.75) is 32.1 Å². The van der Waals surface area contributed by atoms with Crippen LogP contribution in [0.25, 0.3) is 22.3 Å². The molecular formula is C23H22N2O4. The van der Waals surface area contributed by atoms with Crippen LogP contribution in [0.5, 0.6) is 0 Å². The van der Waals surface area contributed by atoms with E-state index in [9.17, 15) is 19.8 Å². The summed E-state index contributed by atoms with van der Waals surface area (Å²) >= 11 is 0. The van der Waals surface area contributed by atoms with Crippen molar-refractivity contribution in [2.24, 2.45) is 11.8 Å². The second-order valence-corrected chi connectivity index (χ2v) is 7.92. The Labute approximate surface area is 168 Å². The van der Waals surface area contributed by atoms with Crippen molar-refractivity contribution >= 4 is 23.0 Å². The largest absolute Gasteiger partial charge is 0.481 e. The number of benzene rings is 2. The van der Waals surface area contributed by atoms with Gasteiger partial charge in [-0.3, -0.25) is 9.59 Å². The van der Waals surface area contributed by atoms with Crippen LogP contribution < -0.4 is 0 Å². The van der Waals surface area contributed by atoms with E-state index in [1.165, 1.54) is 0 Å². The number of aliphatic carboxylic acids is 2. The summed E-state index contributed by atoms with van der Waals surface area (Å²) in [5.74, 6) is -3.15. The Hall–Kier alpha value is -3.28. The molecule has 0 amide bonds. The maximum Gasteiger partial charge on any atom is 0.306 e. The highest BCUT2D eigenvalue weighted by Crippen LogP contribution is 2.53. The van der Waals surface area contributed by atoms with Gasteiger partial charge in [-0.1, -0.05) is 50.2 Å². The van der Waals surface area contributed by atoms with Gasteiger partial charge < -0.3 is 10.2 Å². The van der Waals surface area contributed by atoms with Gasteiger partial charge in [0.15, 0.2) is 0 Å². The highest BCUT2D eigenvalue weighted by atomic mass is 16.4. The molecule has 1 aliphatic carbocycles. The molecule has 2 aromatic carbocycles. The molecule has 4 rings (SSSR count). The van der Waals surface area contributed by atoms with Crippen molar-refractivity contribution in [1.82, 2.24) is 9.97 Å². The van der Waals surface area contributed by atoms with E-state index >= 15 is 0 Å². The normalized spacial score (nSPS) is 19.4. The topological polar surface area (TPSA) is 100 Å². The van der Waals surface area contributed by atoms with Crippen molar-refractivity contribution in [3.8, 4) is 11.3 Å². The summed E-state index contributed by atoms with van der Waals surface area (Å²) in [4.78, 5) is 33.2. The van der Waals surface area contributed by atoms with Gasteiger partial charge in [-0.2, -0.15) is 0 Å². The van der Waals surface area contributed by atoms with Gasteiger partial charge in [0, 0.05) is 11.0 Å². The average Bonchev–Trinajstić information content (AvgIpc) is 2.95. The molecule has 0 spiro atoms. The standard InChI is InChI=1S/C23H22N2O4/c1-13(21(26)27)11-23(12-14(2)22(28)29)16-8-4-3-7-15(16)19-20(23)25-18-10-6-5-9-17(18)24-19/h3-10,13-14H,11-12H2,1-2H3,(H,26,27)(H,28,29). The van der Waals surface area contributed by atoms with Crippen LogP contribution in [0.15, 0.2) is 48.5 Å². The number of hydrogen-bond donors (Lipinski definition) is 2. The summed E-state index contributed by atoms with van der Waals surface area (Å²) in [6, 6.07) is 15.3. The fourth-order valence-electron chi connectivity index (χ4n) is 4.47. The van der Waals surface area contributed by atoms with E-state index in [0.717, 1.165) is 27.9 Å². The Morgan fingerprint density at radius 1 is 0.862 bits per heavy atom. The molecular weight excluding hydrogens is 368 g/mol. The third-order valence-corrected chi connectivity index (χ3v) is 5.87. The van der Waals surface area contributed by atoms with E-state index in [1.807, 2.05) is 48.5 Å². The first kappa shape index (κ1) is 19.1. The Morgan fingerprint density at radius 2 is 1.38 bits per heavy atom. The summed E-state index contributed by atoms with van der Waals surface area (Å²) in [5, 5.41) is 19.2. The van der Waals surface area contributed by atoms with Crippen molar-refractivity contribution in [3.05, 3.63) is 59.8 Å². The minimum Gasteiger partial charge on any atom is -0.481 e. The van der Waals surface area contributed by atoms with E-state index in [4.69, 9.17) is 9.97 Å². The van der Waals surface area contributed by atoms with Gasteiger partial charge in [0.2, 0.25) is 0 Å². The lowest BCUT2D eigenvalue weighted by molar-refractivity contribution is -0.142. The molecule has 3 aromatic rings. The van der Waals surface area contributed by atoms with E-state index < -0.39 is 29.2 Å². The number of carboxylic acid groups (broad SMARTS) is 2. The molecule has 6 heteroatoms. The molecule has 0 radical (unpaired) electrons. The molecule has 1 aromatic heterocycles.